The Morgan fingerprint density at radius 1 is 1.07 bits per heavy atom. The van der Waals surface area contributed by atoms with Gasteiger partial charge < -0.3 is 14.5 Å². The minimum atomic E-state index is -0.951. The van der Waals surface area contributed by atoms with E-state index in [9.17, 15) is 9.90 Å². The van der Waals surface area contributed by atoms with Gasteiger partial charge in [-0.05, 0) is 73.7 Å². The van der Waals surface area contributed by atoms with Gasteiger partial charge in [0, 0.05) is 6.21 Å². The molecule has 0 aliphatic carbocycles. The van der Waals surface area contributed by atoms with Crippen LogP contribution in [-0.4, -0.2) is 47.6 Å². The molecule has 27 heavy (non-hydrogen) atoms. The first kappa shape index (κ1) is 25.9. The summed E-state index contributed by atoms with van der Waals surface area (Å²) in [6.45, 7) is 20.6. The standard InChI is InChI=1S/C21H40BNO4/c1-12-17(22-27-21(10,11)20(8,9)25)13-23-16(4)14(2)15(3)18(24)26-19(5,6)7/h12-16,22,25H,1-11H3/b17-12+,23-13-/t14-,15?,16?/m0/s1. The van der Waals surface area contributed by atoms with Crippen molar-refractivity contribution < 1.29 is 19.3 Å². The van der Waals surface area contributed by atoms with Crippen molar-refractivity contribution in [3.8, 4) is 0 Å². The van der Waals surface area contributed by atoms with E-state index in [1.165, 1.54) is 0 Å². The summed E-state index contributed by atoms with van der Waals surface area (Å²) in [7, 11) is 0.361. The number of aliphatic hydroxyl groups is 1. The van der Waals surface area contributed by atoms with Crippen LogP contribution in [0, 0.1) is 11.8 Å². The number of hydrogen-bond donors (Lipinski definition) is 1. The minimum absolute atomic E-state index is 0.0373. The molecule has 0 rings (SSSR count). The molecule has 0 aromatic carbocycles. The van der Waals surface area contributed by atoms with Crippen LogP contribution in [0.3, 0.4) is 0 Å². The molecule has 3 atom stereocenters. The molecule has 0 saturated carbocycles. The van der Waals surface area contributed by atoms with Crippen molar-refractivity contribution in [1.29, 1.82) is 0 Å². The summed E-state index contributed by atoms with van der Waals surface area (Å²) in [5, 5.41) is 10.2. The first-order valence-corrected chi connectivity index (χ1v) is 9.79. The molecule has 5 nitrogen and oxygen atoms in total. The predicted octanol–water partition coefficient (Wildman–Crippen LogP) is 3.88. The Bertz CT molecular complexity index is 541. The molecule has 0 aromatic heterocycles. The van der Waals surface area contributed by atoms with Crippen LogP contribution >= 0.6 is 0 Å². The van der Waals surface area contributed by atoms with Gasteiger partial charge in [-0.25, -0.2) is 0 Å². The van der Waals surface area contributed by atoms with Gasteiger partial charge in [-0.2, -0.15) is 0 Å². The molecule has 0 bridgehead atoms. The third kappa shape index (κ3) is 9.07. The molecule has 0 aliphatic rings. The smallest absolute Gasteiger partial charge is 0.310 e. The lowest BCUT2D eigenvalue weighted by molar-refractivity contribution is -0.161. The second-order valence-electron chi connectivity index (χ2n) is 9.42. The Hall–Kier alpha value is -1.14. The molecule has 1 N–H and O–H groups in total. The van der Waals surface area contributed by atoms with E-state index in [0.717, 1.165) is 5.47 Å². The number of carbonyl (C=O) groups excluding carboxylic acids is 1. The van der Waals surface area contributed by atoms with Crippen molar-refractivity contribution in [3.63, 3.8) is 0 Å². The number of esters is 1. The first-order valence-electron chi connectivity index (χ1n) is 9.79. The summed E-state index contributed by atoms with van der Waals surface area (Å²) in [5.41, 5.74) is -1.19. The zero-order chi connectivity index (χ0) is 21.6. The van der Waals surface area contributed by atoms with Crippen molar-refractivity contribution >= 4 is 19.7 Å². The molecule has 0 spiro atoms. The van der Waals surface area contributed by atoms with Crippen LogP contribution in [0.2, 0.25) is 0 Å². The van der Waals surface area contributed by atoms with Gasteiger partial charge in [-0.15, -0.1) is 0 Å². The molecule has 0 saturated heterocycles. The molecular weight excluding hydrogens is 341 g/mol. The monoisotopic (exact) mass is 381 g/mol. The summed E-state index contributed by atoms with van der Waals surface area (Å²) in [5.74, 6) is -0.391. The van der Waals surface area contributed by atoms with Crippen LogP contribution in [0.1, 0.15) is 76.2 Å². The van der Waals surface area contributed by atoms with Gasteiger partial charge >= 0.3 is 13.5 Å². The molecule has 0 fully saturated rings. The number of hydrogen-bond acceptors (Lipinski definition) is 5. The number of carbonyl (C=O) groups is 1. The van der Waals surface area contributed by atoms with Crippen molar-refractivity contribution in [2.75, 3.05) is 0 Å². The summed E-state index contributed by atoms with van der Waals surface area (Å²) in [6.07, 6.45) is 3.74. The zero-order valence-electron chi connectivity index (χ0n) is 19.2. The molecule has 156 valence electrons. The normalized spacial score (nSPS) is 17.6. The lowest BCUT2D eigenvalue weighted by atomic mass is 9.82. The number of allylic oxidation sites excluding steroid dienone is 2. The maximum atomic E-state index is 12.3. The van der Waals surface area contributed by atoms with Crippen LogP contribution in [0.5, 0.6) is 0 Å². The molecule has 0 aromatic rings. The molecule has 0 amide bonds. The van der Waals surface area contributed by atoms with E-state index in [0.29, 0.717) is 7.48 Å². The maximum Gasteiger partial charge on any atom is 0.310 e. The topological polar surface area (TPSA) is 68.1 Å². The van der Waals surface area contributed by atoms with Crippen LogP contribution in [0.15, 0.2) is 16.5 Å². The summed E-state index contributed by atoms with van der Waals surface area (Å²) in [4.78, 5) is 16.9. The highest BCUT2D eigenvalue weighted by Gasteiger charge is 2.35. The fourth-order valence-corrected chi connectivity index (χ4v) is 2.01. The number of rotatable bonds is 9. The molecule has 2 unspecified atom stereocenters. The molecule has 0 heterocycles. The van der Waals surface area contributed by atoms with Gasteiger partial charge in [-0.1, -0.05) is 19.9 Å². The van der Waals surface area contributed by atoms with Gasteiger partial charge in [0.05, 0.1) is 23.2 Å². The maximum absolute atomic E-state index is 12.3. The van der Waals surface area contributed by atoms with E-state index in [1.807, 2.05) is 68.4 Å². The van der Waals surface area contributed by atoms with Crippen LogP contribution in [0.25, 0.3) is 0 Å². The second-order valence-corrected chi connectivity index (χ2v) is 9.42. The predicted molar refractivity (Wildman–Crippen MR) is 114 cm³/mol. The lowest BCUT2D eigenvalue weighted by Gasteiger charge is -2.37. The molecule has 0 radical (unpaired) electrons. The van der Waals surface area contributed by atoms with Gasteiger partial charge in [0.15, 0.2) is 0 Å². The highest BCUT2D eigenvalue weighted by atomic mass is 16.6. The lowest BCUT2D eigenvalue weighted by Crippen LogP contribution is -2.48. The average molecular weight is 381 g/mol. The third-order valence-corrected chi connectivity index (χ3v) is 5.25. The highest BCUT2D eigenvalue weighted by molar-refractivity contribution is 6.46. The summed E-state index contributed by atoms with van der Waals surface area (Å²) < 4.78 is 11.4. The number of nitrogens with zero attached hydrogens (tertiary/aromatic N) is 1. The van der Waals surface area contributed by atoms with E-state index in [4.69, 9.17) is 9.39 Å². The largest absolute Gasteiger partial charge is 0.460 e. The van der Waals surface area contributed by atoms with E-state index in [1.54, 1.807) is 20.1 Å². The first-order chi connectivity index (χ1) is 12.0. The van der Waals surface area contributed by atoms with E-state index in [-0.39, 0.29) is 23.8 Å². The summed E-state index contributed by atoms with van der Waals surface area (Å²) >= 11 is 0. The van der Waals surface area contributed by atoms with E-state index < -0.39 is 16.8 Å². The number of aliphatic imine (C=N–C) groups is 1. The van der Waals surface area contributed by atoms with Crippen LogP contribution in [0.4, 0.5) is 0 Å². The Labute approximate surface area is 166 Å². The Morgan fingerprint density at radius 3 is 2.00 bits per heavy atom. The molecule has 0 aliphatic heterocycles. The van der Waals surface area contributed by atoms with E-state index >= 15 is 0 Å². The quantitative estimate of drug-likeness (QED) is 0.374. The van der Waals surface area contributed by atoms with Crippen LogP contribution in [-0.2, 0) is 14.2 Å². The zero-order valence-corrected chi connectivity index (χ0v) is 19.2. The Balaban J connectivity index is 4.87. The minimum Gasteiger partial charge on any atom is -0.460 e. The molecular formula is C21H40BNO4. The third-order valence-electron chi connectivity index (χ3n) is 5.25. The van der Waals surface area contributed by atoms with Gasteiger partial charge in [0.25, 0.3) is 0 Å². The van der Waals surface area contributed by atoms with Gasteiger partial charge in [0.1, 0.15) is 5.60 Å². The van der Waals surface area contributed by atoms with Crippen molar-refractivity contribution in [3.05, 3.63) is 11.5 Å². The summed E-state index contributed by atoms with van der Waals surface area (Å²) in [6, 6.07) is -0.0373. The molecule has 6 heteroatoms. The average Bonchev–Trinajstić information content (AvgIpc) is 2.50. The van der Waals surface area contributed by atoms with Crippen molar-refractivity contribution in [2.24, 2.45) is 16.8 Å². The fraction of sp³-hybridized carbons (Fsp3) is 0.810. The Kier molecular flexibility index (Phi) is 9.46. The highest BCUT2D eigenvalue weighted by Crippen LogP contribution is 2.25. The number of ether oxygens (including phenoxy) is 1. The SMILES string of the molecule is C/C=C(BOC(C)(C)C(C)(C)O)\C=N/C(C)[C@@H](C)C(C)C(=O)OC(C)(C)C. The van der Waals surface area contributed by atoms with Crippen molar-refractivity contribution in [2.45, 2.75) is 99.0 Å². The van der Waals surface area contributed by atoms with Gasteiger partial charge in [-0.3, -0.25) is 9.79 Å². The van der Waals surface area contributed by atoms with Crippen LogP contribution < -0.4 is 0 Å². The van der Waals surface area contributed by atoms with Crippen molar-refractivity contribution in [1.82, 2.24) is 0 Å². The Morgan fingerprint density at radius 2 is 1.59 bits per heavy atom. The van der Waals surface area contributed by atoms with E-state index in [2.05, 4.69) is 4.99 Å². The van der Waals surface area contributed by atoms with Gasteiger partial charge in [0.2, 0.25) is 0 Å². The fourth-order valence-electron chi connectivity index (χ4n) is 2.01. The second kappa shape index (κ2) is 9.88.